The van der Waals surface area contributed by atoms with Crippen molar-refractivity contribution in [2.75, 3.05) is 24.7 Å². The Bertz CT molecular complexity index is 289. The van der Waals surface area contributed by atoms with Crippen molar-refractivity contribution in [2.45, 2.75) is 25.1 Å². The van der Waals surface area contributed by atoms with E-state index in [1.807, 2.05) is 0 Å². The minimum Gasteiger partial charge on any atom is -0.341 e. The molecule has 0 saturated carbocycles. The molecule has 2 aliphatic rings. The molecule has 2 heterocycles. The second-order valence-corrected chi connectivity index (χ2v) is 5.44. The van der Waals surface area contributed by atoms with Crippen LogP contribution in [0.3, 0.4) is 0 Å². The monoisotopic (exact) mass is 304 g/mol. The molecule has 1 atom stereocenters. The van der Waals surface area contributed by atoms with E-state index in [1.165, 1.54) is 0 Å². The van der Waals surface area contributed by atoms with Gasteiger partial charge in [0.05, 0.1) is 12.0 Å². The van der Waals surface area contributed by atoms with E-state index >= 15 is 0 Å². The van der Waals surface area contributed by atoms with Crippen LogP contribution >= 0.6 is 24.2 Å². The third-order valence-corrected chi connectivity index (χ3v) is 4.22. The second-order valence-electron chi connectivity index (χ2n) is 4.41. The molecule has 1 unspecified atom stereocenters. The van der Waals surface area contributed by atoms with Crippen LogP contribution in [-0.2, 0) is 4.79 Å². The molecule has 2 fully saturated rings. The van der Waals surface area contributed by atoms with Crippen molar-refractivity contribution in [3.63, 3.8) is 0 Å². The molecule has 0 spiro atoms. The lowest BCUT2D eigenvalue weighted by atomic mass is 9.96. The largest absolute Gasteiger partial charge is 0.391 e. The zero-order chi connectivity index (χ0) is 12.5. The van der Waals surface area contributed by atoms with Crippen molar-refractivity contribution in [1.82, 2.24) is 10.2 Å². The highest BCUT2D eigenvalue weighted by Gasteiger charge is 2.42. The van der Waals surface area contributed by atoms with Gasteiger partial charge in [0, 0.05) is 24.7 Å². The number of halogens is 4. The van der Waals surface area contributed by atoms with E-state index in [9.17, 15) is 18.0 Å². The van der Waals surface area contributed by atoms with Gasteiger partial charge in [0.1, 0.15) is 0 Å². The highest BCUT2D eigenvalue weighted by atomic mass is 35.5. The predicted molar refractivity (Wildman–Crippen MR) is 66.9 cm³/mol. The number of hydrogen-bond donors (Lipinski definition) is 1. The van der Waals surface area contributed by atoms with Crippen LogP contribution < -0.4 is 5.32 Å². The Morgan fingerprint density at radius 1 is 1.28 bits per heavy atom. The number of hydrogen-bond acceptors (Lipinski definition) is 3. The molecule has 2 saturated heterocycles. The average molecular weight is 305 g/mol. The van der Waals surface area contributed by atoms with Gasteiger partial charge in [0.15, 0.2) is 0 Å². The standard InChI is InChI=1S/C10H15F3N2OS.ClH/c11-10(12,13)7-1-3-15(4-2-7)9(16)8-5-17-6-14-8;/h7-8,14H,1-6H2;1H. The topological polar surface area (TPSA) is 32.3 Å². The maximum absolute atomic E-state index is 12.5. The van der Waals surface area contributed by atoms with Crippen molar-refractivity contribution in [2.24, 2.45) is 5.92 Å². The second kappa shape index (κ2) is 6.34. The Hall–Kier alpha value is -0.140. The van der Waals surface area contributed by atoms with Crippen LogP contribution in [0.15, 0.2) is 0 Å². The predicted octanol–water partition coefficient (Wildman–Crippen LogP) is 1.87. The van der Waals surface area contributed by atoms with Gasteiger partial charge in [-0.25, -0.2) is 0 Å². The van der Waals surface area contributed by atoms with Crippen molar-refractivity contribution in [3.8, 4) is 0 Å². The Kier molecular flexibility index (Phi) is 5.61. The fourth-order valence-corrected chi connectivity index (χ4v) is 3.13. The molecular weight excluding hydrogens is 289 g/mol. The van der Waals surface area contributed by atoms with Gasteiger partial charge in [-0.15, -0.1) is 24.2 Å². The van der Waals surface area contributed by atoms with Gasteiger partial charge in [-0.2, -0.15) is 13.2 Å². The number of thioether (sulfide) groups is 1. The molecule has 2 aliphatic heterocycles. The molecule has 2 rings (SSSR count). The highest BCUT2D eigenvalue weighted by molar-refractivity contribution is 7.99. The maximum Gasteiger partial charge on any atom is 0.391 e. The number of carbonyl (C=O) groups excluding carboxylic acids is 1. The van der Waals surface area contributed by atoms with Crippen LogP contribution in [0, 0.1) is 5.92 Å². The minimum absolute atomic E-state index is 0. The molecule has 0 aromatic carbocycles. The Morgan fingerprint density at radius 2 is 1.89 bits per heavy atom. The van der Waals surface area contributed by atoms with Crippen molar-refractivity contribution in [1.29, 1.82) is 0 Å². The first-order chi connectivity index (χ1) is 7.98. The van der Waals surface area contributed by atoms with E-state index in [2.05, 4.69) is 5.32 Å². The van der Waals surface area contributed by atoms with Gasteiger partial charge in [-0.3, -0.25) is 10.1 Å². The molecule has 1 N–H and O–H groups in total. The summed E-state index contributed by atoms with van der Waals surface area (Å²) in [6.07, 6.45) is -4.04. The van der Waals surface area contributed by atoms with Crippen molar-refractivity contribution < 1.29 is 18.0 Å². The summed E-state index contributed by atoms with van der Waals surface area (Å²) in [6, 6.07) is -0.206. The number of nitrogens with one attached hydrogen (secondary N) is 1. The average Bonchev–Trinajstić information content (AvgIpc) is 2.80. The molecule has 0 radical (unpaired) electrons. The van der Waals surface area contributed by atoms with E-state index in [0.717, 1.165) is 11.6 Å². The number of nitrogens with zero attached hydrogens (tertiary/aromatic N) is 1. The molecule has 1 amide bonds. The van der Waals surface area contributed by atoms with Gasteiger partial charge >= 0.3 is 6.18 Å². The summed E-state index contributed by atoms with van der Waals surface area (Å²) < 4.78 is 37.4. The van der Waals surface area contributed by atoms with Crippen LogP contribution in [0.1, 0.15) is 12.8 Å². The molecule has 8 heteroatoms. The quantitative estimate of drug-likeness (QED) is 0.803. The summed E-state index contributed by atoms with van der Waals surface area (Å²) in [5.74, 6) is 0.182. The fourth-order valence-electron chi connectivity index (χ4n) is 2.20. The van der Waals surface area contributed by atoms with Crippen LogP contribution in [0.2, 0.25) is 0 Å². The third kappa shape index (κ3) is 3.68. The number of piperidine rings is 1. The van der Waals surface area contributed by atoms with Crippen LogP contribution in [0.5, 0.6) is 0 Å². The van der Waals surface area contributed by atoms with Gasteiger partial charge in [0.25, 0.3) is 0 Å². The van der Waals surface area contributed by atoms with Crippen LogP contribution in [0.25, 0.3) is 0 Å². The Balaban J connectivity index is 0.00000162. The normalized spacial score (nSPS) is 25.9. The smallest absolute Gasteiger partial charge is 0.341 e. The van der Waals surface area contributed by atoms with Gasteiger partial charge in [-0.05, 0) is 12.8 Å². The van der Waals surface area contributed by atoms with Gasteiger partial charge in [0.2, 0.25) is 5.91 Å². The van der Waals surface area contributed by atoms with Crippen LogP contribution in [-0.4, -0.2) is 47.7 Å². The lowest BCUT2D eigenvalue weighted by Crippen LogP contribution is -2.49. The molecule has 106 valence electrons. The lowest BCUT2D eigenvalue weighted by Gasteiger charge is -2.34. The van der Waals surface area contributed by atoms with Gasteiger partial charge in [-0.1, -0.05) is 0 Å². The van der Waals surface area contributed by atoms with E-state index in [1.54, 1.807) is 16.7 Å². The summed E-state index contributed by atoms with van der Waals surface area (Å²) in [6.45, 7) is 0.456. The van der Waals surface area contributed by atoms with Crippen LogP contribution in [0.4, 0.5) is 13.2 Å². The molecule has 0 bridgehead atoms. The van der Waals surface area contributed by atoms with Crippen molar-refractivity contribution >= 4 is 30.1 Å². The molecule has 0 aromatic heterocycles. The molecule has 18 heavy (non-hydrogen) atoms. The number of carbonyl (C=O) groups is 1. The van der Waals surface area contributed by atoms with Crippen molar-refractivity contribution in [3.05, 3.63) is 0 Å². The number of amides is 1. The fraction of sp³-hybridized carbons (Fsp3) is 0.900. The molecule has 3 nitrogen and oxygen atoms in total. The number of rotatable bonds is 1. The summed E-state index contributed by atoms with van der Waals surface area (Å²) in [4.78, 5) is 13.5. The van der Waals surface area contributed by atoms with E-state index in [4.69, 9.17) is 0 Å². The van der Waals surface area contributed by atoms with Gasteiger partial charge < -0.3 is 4.90 Å². The highest BCUT2D eigenvalue weighted by Crippen LogP contribution is 2.34. The van der Waals surface area contributed by atoms with E-state index < -0.39 is 12.1 Å². The van der Waals surface area contributed by atoms with E-state index in [-0.39, 0.29) is 50.3 Å². The molecular formula is C10H16ClF3N2OS. The maximum atomic E-state index is 12.5. The summed E-state index contributed by atoms with van der Waals surface area (Å²) in [5, 5.41) is 3.04. The summed E-state index contributed by atoms with van der Waals surface area (Å²) >= 11 is 1.64. The first-order valence-electron chi connectivity index (χ1n) is 5.65. The first-order valence-corrected chi connectivity index (χ1v) is 6.80. The van der Waals surface area contributed by atoms with E-state index in [0.29, 0.717) is 0 Å². The summed E-state index contributed by atoms with van der Waals surface area (Å²) in [7, 11) is 0. The summed E-state index contributed by atoms with van der Waals surface area (Å²) in [5.41, 5.74) is 0. The number of alkyl halides is 3. The number of likely N-dealkylation sites (tertiary alicyclic amines) is 1. The minimum atomic E-state index is -4.11. The molecule has 0 aromatic rings. The lowest BCUT2D eigenvalue weighted by molar-refractivity contribution is -0.186. The zero-order valence-corrected chi connectivity index (χ0v) is 11.3. The Labute approximate surface area is 114 Å². The first kappa shape index (κ1) is 15.9. The third-order valence-electron chi connectivity index (χ3n) is 3.28. The SMILES string of the molecule is Cl.O=C(C1CSCN1)N1CCC(C(F)(F)F)CC1. The zero-order valence-electron chi connectivity index (χ0n) is 9.70. The Morgan fingerprint density at radius 3 is 2.33 bits per heavy atom. The molecule has 0 aliphatic carbocycles.